The van der Waals surface area contributed by atoms with Crippen molar-refractivity contribution in [1.29, 1.82) is 0 Å². The van der Waals surface area contributed by atoms with Gasteiger partial charge in [0, 0.05) is 13.1 Å². The van der Waals surface area contributed by atoms with Crippen LogP contribution in [-0.2, 0) is 6.54 Å². The van der Waals surface area contributed by atoms with Gasteiger partial charge in [0.25, 0.3) is 0 Å². The molecule has 1 fully saturated rings. The van der Waals surface area contributed by atoms with Gasteiger partial charge in [-0.2, -0.15) is 0 Å². The average Bonchev–Trinajstić information content (AvgIpc) is 2.36. The normalized spacial score (nSPS) is 25.3. The number of nitrogens with zero attached hydrogens (tertiary/aromatic N) is 1. The third kappa shape index (κ3) is 3.31. The number of likely N-dealkylation sites (tertiary alicyclic amines) is 1. The van der Waals surface area contributed by atoms with Crippen LogP contribution in [0.1, 0.15) is 18.9 Å². The van der Waals surface area contributed by atoms with Crippen molar-refractivity contribution < 1.29 is 4.39 Å². The Morgan fingerprint density at radius 3 is 2.94 bits per heavy atom. The predicted octanol–water partition coefficient (Wildman–Crippen LogP) is 3.00. The van der Waals surface area contributed by atoms with Crippen LogP contribution >= 0.6 is 15.9 Å². The average molecular weight is 315 g/mol. The minimum Gasteiger partial charge on any atom is -0.330 e. The maximum Gasteiger partial charge on any atom is 0.137 e. The Morgan fingerprint density at radius 1 is 1.50 bits per heavy atom. The van der Waals surface area contributed by atoms with Crippen molar-refractivity contribution >= 4 is 15.9 Å². The first kappa shape index (κ1) is 14.0. The molecule has 2 unspecified atom stereocenters. The van der Waals surface area contributed by atoms with Gasteiger partial charge in [-0.3, -0.25) is 4.90 Å². The van der Waals surface area contributed by atoms with Crippen LogP contribution in [0.5, 0.6) is 0 Å². The van der Waals surface area contributed by atoms with E-state index in [9.17, 15) is 4.39 Å². The second-order valence-corrected chi connectivity index (χ2v) is 6.10. The molecule has 2 atom stereocenters. The van der Waals surface area contributed by atoms with Crippen molar-refractivity contribution in [3.63, 3.8) is 0 Å². The quantitative estimate of drug-likeness (QED) is 0.929. The molecule has 0 saturated carbocycles. The molecule has 18 heavy (non-hydrogen) atoms. The molecule has 0 aromatic heterocycles. The first-order valence-electron chi connectivity index (χ1n) is 6.46. The Morgan fingerprint density at radius 2 is 2.28 bits per heavy atom. The second kappa shape index (κ2) is 6.13. The Balaban J connectivity index is 1.99. The van der Waals surface area contributed by atoms with E-state index in [0.717, 1.165) is 31.7 Å². The van der Waals surface area contributed by atoms with Gasteiger partial charge >= 0.3 is 0 Å². The van der Waals surface area contributed by atoms with E-state index in [0.29, 0.717) is 16.3 Å². The zero-order valence-corrected chi connectivity index (χ0v) is 12.3. The van der Waals surface area contributed by atoms with Crippen molar-refractivity contribution in [1.82, 2.24) is 4.90 Å². The van der Waals surface area contributed by atoms with Crippen LogP contribution in [0.3, 0.4) is 0 Å². The fourth-order valence-corrected chi connectivity index (χ4v) is 2.82. The molecule has 0 spiro atoms. The molecule has 0 amide bonds. The largest absolute Gasteiger partial charge is 0.330 e. The van der Waals surface area contributed by atoms with Crippen molar-refractivity contribution in [3.05, 3.63) is 34.1 Å². The Bertz CT molecular complexity index is 411. The van der Waals surface area contributed by atoms with Crippen molar-refractivity contribution in [2.75, 3.05) is 19.6 Å². The summed E-state index contributed by atoms with van der Waals surface area (Å²) in [6.45, 7) is 5.93. The smallest absolute Gasteiger partial charge is 0.137 e. The van der Waals surface area contributed by atoms with Gasteiger partial charge in [0.1, 0.15) is 5.82 Å². The van der Waals surface area contributed by atoms with Gasteiger partial charge in [0.15, 0.2) is 0 Å². The zero-order chi connectivity index (χ0) is 13.1. The van der Waals surface area contributed by atoms with Crippen LogP contribution in [0.2, 0.25) is 0 Å². The number of rotatable bonds is 3. The van der Waals surface area contributed by atoms with Crippen molar-refractivity contribution in [2.24, 2.45) is 17.6 Å². The highest BCUT2D eigenvalue weighted by Crippen LogP contribution is 2.24. The summed E-state index contributed by atoms with van der Waals surface area (Å²) >= 11 is 3.18. The van der Waals surface area contributed by atoms with Crippen LogP contribution in [0.25, 0.3) is 0 Å². The summed E-state index contributed by atoms with van der Waals surface area (Å²) in [6, 6.07) is 5.36. The van der Waals surface area contributed by atoms with Crippen LogP contribution < -0.4 is 5.73 Å². The molecule has 1 aromatic rings. The van der Waals surface area contributed by atoms with Gasteiger partial charge in [-0.1, -0.05) is 13.0 Å². The maximum atomic E-state index is 13.5. The molecule has 2 nitrogen and oxygen atoms in total. The first-order valence-corrected chi connectivity index (χ1v) is 7.25. The van der Waals surface area contributed by atoms with E-state index < -0.39 is 0 Å². The molecule has 0 bridgehead atoms. The summed E-state index contributed by atoms with van der Waals surface area (Å²) in [4.78, 5) is 2.38. The summed E-state index contributed by atoms with van der Waals surface area (Å²) in [6.07, 6.45) is 1.18. The second-order valence-electron chi connectivity index (χ2n) is 5.25. The maximum absolute atomic E-state index is 13.5. The van der Waals surface area contributed by atoms with Crippen molar-refractivity contribution in [3.8, 4) is 0 Å². The van der Waals surface area contributed by atoms with E-state index in [1.165, 1.54) is 6.42 Å². The first-order chi connectivity index (χ1) is 8.60. The molecule has 0 aliphatic carbocycles. The van der Waals surface area contributed by atoms with Crippen LogP contribution in [0.4, 0.5) is 4.39 Å². The predicted molar refractivity (Wildman–Crippen MR) is 75.7 cm³/mol. The van der Waals surface area contributed by atoms with Gasteiger partial charge in [-0.05, 0) is 65.0 Å². The minimum absolute atomic E-state index is 0.187. The van der Waals surface area contributed by atoms with Gasteiger partial charge < -0.3 is 5.73 Å². The van der Waals surface area contributed by atoms with Crippen LogP contribution in [0, 0.1) is 17.7 Å². The molecule has 2 N–H and O–H groups in total. The third-order valence-electron chi connectivity index (χ3n) is 3.89. The fraction of sp³-hybridized carbons (Fsp3) is 0.571. The summed E-state index contributed by atoms with van der Waals surface area (Å²) in [7, 11) is 0. The molecule has 1 aliphatic rings. The Hall–Kier alpha value is -0.450. The molecular weight excluding hydrogens is 295 g/mol. The standard InChI is InChI=1S/C14H20BrFN2/c1-10-4-5-18(9-12(10)7-17)8-11-2-3-13(15)14(16)6-11/h2-3,6,10,12H,4-5,7-9,17H2,1H3. The SMILES string of the molecule is CC1CCN(Cc2ccc(Br)c(F)c2)CC1CN. The molecule has 100 valence electrons. The van der Waals surface area contributed by atoms with Crippen LogP contribution in [-0.4, -0.2) is 24.5 Å². The van der Waals surface area contributed by atoms with Gasteiger partial charge in [0.05, 0.1) is 4.47 Å². The molecule has 1 heterocycles. The van der Waals surface area contributed by atoms with Crippen molar-refractivity contribution in [2.45, 2.75) is 19.9 Å². The number of hydrogen-bond acceptors (Lipinski definition) is 2. The van der Waals surface area contributed by atoms with E-state index in [1.54, 1.807) is 12.1 Å². The lowest BCUT2D eigenvalue weighted by Crippen LogP contribution is -2.42. The van der Waals surface area contributed by atoms with E-state index in [4.69, 9.17) is 5.73 Å². The lowest BCUT2D eigenvalue weighted by Gasteiger charge is -2.36. The van der Waals surface area contributed by atoms with Crippen LogP contribution in [0.15, 0.2) is 22.7 Å². The lowest BCUT2D eigenvalue weighted by molar-refractivity contribution is 0.126. The number of nitrogens with two attached hydrogens (primary N) is 1. The highest BCUT2D eigenvalue weighted by molar-refractivity contribution is 9.10. The highest BCUT2D eigenvalue weighted by atomic mass is 79.9. The number of piperidine rings is 1. The molecule has 2 rings (SSSR count). The zero-order valence-electron chi connectivity index (χ0n) is 10.7. The van der Waals surface area contributed by atoms with E-state index in [2.05, 4.69) is 27.8 Å². The highest BCUT2D eigenvalue weighted by Gasteiger charge is 2.24. The minimum atomic E-state index is -0.187. The Labute approximate surface area is 116 Å². The third-order valence-corrected chi connectivity index (χ3v) is 4.53. The molecular formula is C14H20BrFN2. The monoisotopic (exact) mass is 314 g/mol. The summed E-state index contributed by atoms with van der Waals surface area (Å²) in [5.41, 5.74) is 6.83. The summed E-state index contributed by atoms with van der Waals surface area (Å²) in [5, 5.41) is 0. The van der Waals surface area contributed by atoms with E-state index in [-0.39, 0.29) is 5.82 Å². The van der Waals surface area contributed by atoms with E-state index >= 15 is 0 Å². The molecule has 4 heteroatoms. The number of hydrogen-bond donors (Lipinski definition) is 1. The lowest BCUT2D eigenvalue weighted by atomic mass is 9.87. The molecule has 1 aromatic carbocycles. The fourth-order valence-electron chi connectivity index (χ4n) is 2.57. The molecule has 1 aliphatic heterocycles. The molecule has 1 saturated heterocycles. The van der Waals surface area contributed by atoms with E-state index in [1.807, 2.05) is 6.07 Å². The van der Waals surface area contributed by atoms with Gasteiger partial charge in [0.2, 0.25) is 0 Å². The van der Waals surface area contributed by atoms with Gasteiger partial charge in [-0.15, -0.1) is 0 Å². The van der Waals surface area contributed by atoms with Gasteiger partial charge in [-0.25, -0.2) is 4.39 Å². The Kier molecular flexibility index (Phi) is 4.76. The summed E-state index contributed by atoms with van der Waals surface area (Å²) < 4.78 is 14.0. The molecule has 0 radical (unpaired) electrons. The summed E-state index contributed by atoms with van der Waals surface area (Å²) in [5.74, 6) is 1.08. The number of benzene rings is 1. The number of halogens is 2. The topological polar surface area (TPSA) is 29.3 Å².